The summed E-state index contributed by atoms with van der Waals surface area (Å²) in [6.07, 6.45) is 9.31. The molecule has 112 valence electrons. The molecule has 3 nitrogen and oxygen atoms in total. The first-order valence-corrected chi connectivity index (χ1v) is 8.64. The minimum absolute atomic E-state index is 0.380. The number of rotatable bonds is 2. The molecular formula is C17H28N2O. The Morgan fingerprint density at radius 2 is 1.75 bits per heavy atom. The summed E-state index contributed by atoms with van der Waals surface area (Å²) in [5.74, 6) is 3.31. The Hall–Kier alpha value is -0.570. The number of carbonyl (C=O) groups excluding carboxylic acids is 1. The number of hydrogen-bond acceptors (Lipinski definition) is 2. The van der Waals surface area contributed by atoms with Crippen LogP contribution in [-0.2, 0) is 4.79 Å². The Kier molecular flexibility index (Phi) is 3.10. The first-order valence-electron chi connectivity index (χ1n) is 8.64. The Bertz CT molecular complexity index is 371. The average Bonchev–Trinajstić information content (AvgIpc) is 2.36. The van der Waals surface area contributed by atoms with Gasteiger partial charge >= 0.3 is 0 Å². The van der Waals surface area contributed by atoms with Crippen molar-refractivity contribution < 1.29 is 4.79 Å². The quantitative estimate of drug-likeness (QED) is 0.840. The lowest BCUT2D eigenvalue weighted by atomic mass is 9.49. The molecule has 0 aromatic carbocycles. The van der Waals surface area contributed by atoms with Gasteiger partial charge in [-0.25, -0.2) is 0 Å². The van der Waals surface area contributed by atoms with E-state index in [2.05, 4.69) is 17.1 Å². The molecular weight excluding hydrogens is 248 g/mol. The van der Waals surface area contributed by atoms with E-state index in [9.17, 15) is 4.79 Å². The summed E-state index contributed by atoms with van der Waals surface area (Å²) in [4.78, 5) is 14.9. The molecule has 4 aliphatic carbocycles. The lowest BCUT2D eigenvalue weighted by molar-refractivity contribution is -0.142. The predicted molar refractivity (Wildman–Crippen MR) is 79.3 cm³/mol. The van der Waals surface area contributed by atoms with Crippen molar-refractivity contribution in [2.45, 2.75) is 57.9 Å². The average molecular weight is 276 g/mol. The number of nitrogens with one attached hydrogen (secondary N) is 1. The maximum absolute atomic E-state index is 12.8. The lowest BCUT2D eigenvalue weighted by Gasteiger charge is -2.57. The molecule has 0 aromatic rings. The van der Waals surface area contributed by atoms with Crippen molar-refractivity contribution in [3.05, 3.63) is 0 Å². The van der Waals surface area contributed by atoms with E-state index >= 15 is 0 Å². The Morgan fingerprint density at radius 3 is 2.30 bits per heavy atom. The first-order chi connectivity index (χ1) is 9.63. The second kappa shape index (κ2) is 4.72. The second-order valence-corrected chi connectivity index (χ2v) is 8.23. The van der Waals surface area contributed by atoms with E-state index < -0.39 is 0 Å². The van der Waals surface area contributed by atoms with Gasteiger partial charge in [-0.15, -0.1) is 0 Å². The van der Waals surface area contributed by atoms with Gasteiger partial charge in [-0.05, 0) is 68.6 Å². The van der Waals surface area contributed by atoms with Crippen molar-refractivity contribution in [1.82, 2.24) is 10.2 Å². The molecule has 0 aromatic heterocycles. The van der Waals surface area contributed by atoms with Crippen LogP contribution in [0.1, 0.15) is 51.9 Å². The monoisotopic (exact) mass is 276 g/mol. The molecule has 0 unspecified atom stereocenters. The van der Waals surface area contributed by atoms with Crippen molar-refractivity contribution in [2.24, 2.45) is 23.2 Å². The van der Waals surface area contributed by atoms with Gasteiger partial charge in [0.15, 0.2) is 0 Å². The molecule has 1 amide bonds. The van der Waals surface area contributed by atoms with Gasteiger partial charge < -0.3 is 10.2 Å². The van der Waals surface area contributed by atoms with Crippen molar-refractivity contribution in [2.75, 3.05) is 19.6 Å². The zero-order valence-corrected chi connectivity index (χ0v) is 12.7. The van der Waals surface area contributed by atoms with Gasteiger partial charge in [0.2, 0.25) is 5.91 Å². The van der Waals surface area contributed by atoms with Gasteiger partial charge in [0.1, 0.15) is 0 Å². The highest BCUT2D eigenvalue weighted by Gasteiger charge is 2.51. The summed E-state index contributed by atoms with van der Waals surface area (Å²) >= 11 is 0. The Balaban J connectivity index is 1.47. The van der Waals surface area contributed by atoms with Crippen molar-refractivity contribution in [3.63, 3.8) is 0 Å². The molecule has 0 spiro atoms. The normalized spacial score (nSPS) is 46.8. The summed E-state index contributed by atoms with van der Waals surface area (Å²) in [5.41, 5.74) is 0.399. The van der Waals surface area contributed by atoms with Crippen LogP contribution in [0, 0.1) is 23.2 Å². The Labute approximate surface area is 122 Å². The third kappa shape index (κ3) is 2.18. The molecule has 3 heteroatoms. The minimum atomic E-state index is 0.380. The van der Waals surface area contributed by atoms with Crippen molar-refractivity contribution in [1.29, 1.82) is 0 Å². The Morgan fingerprint density at radius 1 is 1.15 bits per heavy atom. The summed E-state index contributed by atoms with van der Waals surface area (Å²) in [6.45, 7) is 5.03. The lowest BCUT2D eigenvalue weighted by Crippen LogP contribution is -2.54. The molecule has 1 atom stereocenters. The molecule has 20 heavy (non-hydrogen) atoms. The van der Waals surface area contributed by atoms with Crippen LogP contribution < -0.4 is 5.32 Å². The zero-order chi connectivity index (χ0) is 13.7. The summed E-state index contributed by atoms with van der Waals surface area (Å²) < 4.78 is 0. The molecule has 1 aliphatic heterocycles. The van der Waals surface area contributed by atoms with Gasteiger partial charge in [-0.2, -0.15) is 0 Å². The van der Waals surface area contributed by atoms with Gasteiger partial charge in [-0.3, -0.25) is 4.79 Å². The van der Waals surface area contributed by atoms with Crippen LogP contribution in [0.15, 0.2) is 0 Å². The second-order valence-electron chi connectivity index (χ2n) is 8.23. The van der Waals surface area contributed by atoms with Crippen LogP contribution in [0.3, 0.4) is 0 Å². The third-order valence-electron chi connectivity index (χ3n) is 6.51. The summed E-state index contributed by atoms with van der Waals surface area (Å²) in [5, 5.41) is 3.38. The fourth-order valence-corrected chi connectivity index (χ4v) is 6.14. The SMILES string of the molecule is C[C@@H]1CNCCN1C(=O)CC12CC3CC(CC(C3)C1)C2. The van der Waals surface area contributed by atoms with Crippen molar-refractivity contribution in [3.8, 4) is 0 Å². The standard InChI is InChI=1S/C17H28N2O/c1-12-11-18-2-3-19(12)16(20)10-17-7-13-4-14(8-17)6-15(5-13)9-17/h12-15,18H,2-11H2,1H3/t12-,13?,14?,15?,17?/m1/s1. The topological polar surface area (TPSA) is 32.3 Å². The maximum Gasteiger partial charge on any atom is 0.223 e. The van der Waals surface area contributed by atoms with Gasteiger partial charge in [0.25, 0.3) is 0 Å². The number of amides is 1. The van der Waals surface area contributed by atoms with E-state index in [4.69, 9.17) is 0 Å². The fourth-order valence-electron chi connectivity index (χ4n) is 6.14. The van der Waals surface area contributed by atoms with Crippen LogP contribution in [-0.4, -0.2) is 36.5 Å². The van der Waals surface area contributed by atoms with Crippen LogP contribution in [0.2, 0.25) is 0 Å². The molecule has 1 N–H and O–H groups in total. The largest absolute Gasteiger partial charge is 0.337 e. The zero-order valence-electron chi connectivity index (χ0n) is 12.7. The van der Waals surface area contributed by atoms with E-state index in [-0.39, 0.29) is 0 Å². The molecule has 5 aliphatic rings. The van der Waals surface area contributed by atoms with Crippen LogP contribution in [0.4, 0.5) is 0 Å². The summed E-state index contributed by atoms with van der Waals surface area (Å²) in [6, 6.07) is 0.380. The molecule has 5 rings (SSSR count). The van der Waals surface area contributed by atoms with Crippen LogP contribution in [0.25, 0.3) is 0 Å². The number of carbonyl (C=O) groups is 1. The van der Waals surface area contributed by atoms with E-state index in [1.165, 1.54) is 38.5 Å². The smallest absolute Gasteiger partial charge is 0.223 e. The first kappa shape index (κ1) is 13.1. The van der Waals surface area contributed by atoms with E-state index in [0.29, 0.717) is 17.4 Å². The fraction of sp³-hybridized carbons (Fsp3) is 0.941. The minimum Gasteiger partial charge on any atom is -0.337 e. The van der Waals surface area contributed by atoms with Crippen molar-refractivity contribution >= 4 is 5.91 Å². The highest BCUT2D eigenvalue weighted by molar-refractivity contribution is 5.77. The molecule has 1 saturated heterocycles. The summed E-state index contributed by atoms with van der Waals surface area (Å²) in [7, 11) is 0. The number of hydrogen-bond donors (Lipinski definition) is 1. The van der Waals surface area contributed by atoms with E-state index in [1.807, 2.05) is 0 Å². The molecule has 5 fully saturated rings. The highest BCUT2D eigenvalue weighted by Crippen LogP contribution is 2.61. The third-order valence-corrected chi connectivity index (χ3v) is 6.51. The van der Waals surface area contributed by atoms with Gasteiger partial charge in [-0.1, -0.05) is 0 Å². The number of piperazine rings is 1. The van der Waals surface area contributed by atoms with E-state index in [1.54, 1.807) is 0 Å². The van der Waals surface area contributed by atoms with E-state index in [0.717, 1.165) is 43.8 Å². The molecule has 4 saturated carbocycles. The van der Waals surface area contributed by atoms with Crippen LogP contribution >= 0.6 is 0 Å². The highest BCUT2D eigenvalue weighted by atomic mass is 16.2. The van der Waals surface area contributed by atoms with Gasteiger partial charge in [0, 0.05) is 32.1 Å². The maximum atomic E-state index is 12.8. The molecule has 1 heterocycles. The molecule has 0 radical (unpaired) electrons. The van der Waals surface area contributed by atoms with Gasteiger partial charge in [0.05, 0.1) is 0 Å². The van der Waals surface area contributed by atoms with Crippen LogP contribution in [0.5, 0.6) is 0 Å². The molecule has 4 bridgehead atoms. The number of nitrogens with zero attached hydrogens (tertiary/aromatic N) is 1. The predicted octanol–water partition coefficient (Wildman–Crippen LogP) is 2.41.